The van der Waals surface area contributed by atoms with Gasteiger partial charge in [-0.2, -0.15) is 11.8 Å². The van der Waals surface area contributed by atoms with Crippen LogP contribution >= 0.6 is 11.8 Å². The van der Waals surface area contributed by atoms with Gasteiger partial charge in [-0.25, -0.2) is 4.98 Å². The molecule has 1 aromatic rings. The summed E-state index contributed by atoms with van der Waals surface area (Å²) >= 11 is 1.61. The molecule has 0 aromatic carbocycles. The lowest BCUT2D eigenvalue weighted by atomic mass is 10.3. The molecule has 0 saturated heterocycles. The van der Waals surface area contributed by atoms with Crippen molar-refractivity contribution in [3.8, 4) is 0 Å². The van der Waals surface area contributed by atoms with Gasteiger partial charge in [0.15, 0.2) is 0 Å². The maximum atomic E-state index is 11.2. The minimum Gasteiger partial charge on any atom is -0.326 e. The van der Waals surface area contributed by atoms with Gasteiger partial charge in [-0.3, -0.25) is 4.79 Å². The molecule has 0 saturated carbocycles. The molecule has 0 amide bonds. The zero-order valence-corrected chi connectivity index (χ0v) is 7.65. The topological polar surface area (TPSA) is 71.8 Å². The average molecular weight is 185 g/mol. The molecule has 0 bridgehead atoms. The molecular formula is C7H11N3OS. The van der Waals surface area contributed by atoms with Crippen LogP contribution in [0.4, 0.5) is 0 Å². The first-order valence-electron chi connectivity index (χ1n) is 3.54. The molecule has 5 heteroatoms. The summed E-state index contributed by atoms with van der Waals surface area (Å²) < 4.78 is 0. The third kappa shape index (κ3) is 2.09. The third-order valence-electron chi connectivity index (χ3n) is 1.43. The van der Waals surface area contributed by atoms with Crippen molar-refractivity contribution >= 4 is 11.8 Å². The Balaban J connectivity index is 2.94. The summed E-state index contributed by atoms with van der Waals surface area (Å²) in [5.74, 6) is 1.42. The van der Waals surface area contributed by atoms with E-state index in [9.17, 15) is 4.79 Å². The van der Waals surface area contributed by atoms with E-state index >= 15 is 0 Å². The van der Waals surface area contributed by atoms with Gasteiger partial charge >= 0.3 is 0 Å². The Labute approximate surface area is 74.6 Å². The number of nitrogens with two attached hydrogens (primary N) is 1. The monoisotopic (exact) mass is 185 g/mol. The Morgan fingerprint density at radius 1 is 1.75 bits per heavy atom. The molecule has 4 nitrogen and oxygen atoms in total. The highest BCUT2D eigenvalue weighted by Crippen LogP contribution is 2.00. The van der Waals surface area contributed by atoms with E-state index in [1.807, 2.05) is 6.26 Å². The minimum absolute atomic E-state index is 0.128. The van der Waals surface area contributed by atoms with Crippen LogP contribution in [-0.4, -0.2) is 16.2 Å². The fraction of sp³-hybridized carbons (Fsp3) is 0.429. The van der Waals surface area contributed by atoms with Crippen molar-refractivity contribution in [1.29, 1.82) is 0 Å². The highest BCUT2D eigenvalue weighted by molar-refractivity contribution is 7.97. The molecule has 0 aliphatic rings. The van der Waals surface area contributed by atoms with Crippen LogP contribution in [0.2, 0.25) is 0 Å². The molecule has 3 N–H and O–H groups in total. The van der Waals surface area contributed by atoms with E-state index < -0.39 is 0 Å². The summed E-state index contributed by atoms with van der Waals surface area (Å²) in [6.45, 7) is 0.238. The molecule has 0 spiro atoms. The summed E-state index contributed by atoms with van der Waals surface area (Å²) in [6, 6.07) is 0. The Morgan fingerprint density at radius 3 is 3.00 bits per heavy atom. The molecule has 12 heavy (non-hydrogen) atoms. The van der Waals surface area contributed by atoms with Crippen molar-refractivity contribution in [2.75, 3.05) is 6.26 Å². The number of rotatable bonds is 3. The summed E-state index contributed by atoms with van der Waals surface area (Å²) in [7, 11) is 0. The fourth-order valence-electron chi connectivity index (χ4n) is 0.814. The maximum absolute atomic E-state index is 11.2. The van der Waals surface area contributed by atoms with Crippen molar-refractivity contribution < 1.29 is 0 Å². The summed E-state index contributed by atoms with van der Waals surface area (Å²) in [4.78, 5) is 17.9. The van der Waals surface area contributed by atoms with Crippen LogP contribution in [0, 0.1) is 0 Å². The first kappa shape index (κ1) is 9.28. The molecule has 0 unspecified atom stereocenters. The zero-order chi connectivity index (χ0) is 8.97. The molecule has 1 aromatic heterocycles. The van der Waals surface area contributed by atoms with E-state index in [4.69, 9.17) is 5.73 Å². The zero-order valence-electron chi connectivity index (χ0n) is 6.83. The van der Waals surface area contributed by atoms with Crippen molar-refractivity contribution in [3.05, 3.63) is 27.9 Å². The van der Waals surface area contributed by atoms with Crippen LogP contribution in [0.15, 0.2) is 11.0 Å². The Hall–Kier alpha value is -0.810. The van der Waals surface area contributed by atoms with E-state index in [1.54, 1.807) is 11.8 Å². The van der Waals surface area contributed by atoms with Crippen LogP contribution < -0.4 is 11.3 Å². The number of nitrogens with one attached hydrogen (secondary N) is 1. The Morgan fingerprint density at radius 2 is 2.50 bits per heavy atom. The number of nitrogens with zero attached hydrogens (tertiary/aromatic N) is 1. The first-order valence-corrected chi connectivity index (χ1v) is 4.93. The smallest absolute Gasteiger partial charge is 0.255 e. The van der Waals surface area contributed by atoms with Crippen molar-refractivity contribution in [2.45, 2.75) is 12.3 Å². The lowest BCUT2D eigenvalue weighted by molar-refractivity contribution is 0.928. The highest BCUT2D eigenvalue weighted by Gasteiger charge is 1.99. The molecule has 0 aliphatic carbocycles. The third-order valence-corrected chi connectivity index (χ3v) is 1.99. The number of hydrogen-bond donors (Lipinski definition) is 2. The van der Waals surface area contributed by atoms with Gasteiger partial charge in [0.1, 0.15) is 5.82 Å². The number of aromatic amines is 1. The standard InChI is InChI=1S/C7H11N3OS/c1-12-4-6-9-3-5(2-8)7(11)10-6/h3H,2,4,8H2,1H3,(H,9,10,11). The number of thioether (sulfide) groups is 1. The van der Waals surface area contributed by atoms with E-state index in [0.29, 0.717) is 11.4 Å². The first-order chi connectivity index (χ1) is 5.77. The largest absolute Gasteiger partial charge is 0.326 e. The van der Waals surface area contributed by atoms with Gasteiger partial charge in [0.05, 0.1) is 5.75 Å². The van der Waals surface area contributed by atoms with E-state index in [1.165, 1.54) is 6.20 Å². The van der Waals surface area contributed by atoms with Crippen LogP contribution in [0.3, 0.4) is 0 Å². The van der Waals surface area contributed by atoms with Gasteiger partial charge in [0, 0.05) is 18.3 Å². The number of aromatic nitrogens is 2. The van der Waals surface area contributed by atoms with Gasteiger partial charge in [-0.05, 0) is 6.26 Å². The molecule has 1 rings (SSSR count). The quantitative estimate of drug-likeness (QED) is 0.700. The van der Waals surface area contributed by atoms with E-state index in [0.717, 1.165) is 5.75 Å². The number of hydrogen-bond acceptors (Lipinski definition) is 4. The van der Waals surface area contributed by atoms with Crippen LogP contribution in [-0.2, 0) is 12.3 Å². The van der Waals surface area contributed by atoms with Gasteiger partial charge in [0.25, 0.3) is 5.56 Å². The van der Waals surface area contributed by atoms with Gasteiger partial charge in [0.2, 0.25) is 0 Å². The highest BCUT2D eigenvalue weighted by atomic mass is 32.2. The van der Waals surface area contributed by atoms with Crippen LogP contribution in [0.5, 0.6) is 0 Å². The lowest BCUT2D eigenvalue weighted by Gasteiger charge is -1.98. The molecule has 0 fully saturated rings. The summed E-state index contributed by atoms with van der Waals surface area (Å²) in [5.41, 5.74) is 5.71. The van der Waals surface area contributed by atoms with Gasteiger partial charge in [-0.15, -0.1) is 0 Å². The van der Waals surface area contributed by atoms with Crippen molar-refractivity contribution in [1.82, 2.24) is 9.97 Å². The van der Waals surface area contributed by atoms with Gasteiger partial charge < -0.3 is 10.7 Å². The SMILES string of the molecule is CSCc1ncc(CN)c(=O)[nH]1. The van der Waals surface area contributed by atoms with Crippen molar-refractivity contribution in [3.63, 3.8) is 0 Å². The second-order valence-electron chi connectivity index (χ2n) is 2.32. The van der Waals surface area contributed by atoms with Crippen LogP contribution in [0.1, 0.15) is 11.4 Å². The molecule has 0 aliphatic heterocycles. The predicted molar refractivity (Wildman–Crippen MR) is 50.0 cm³/mol. The maximum Gasteiger partial charge on any atom is 0.255 e. The fourth-order valence-corrected chi connectivity index (χ4v) is 1.23. The normalized spacial score (nSPS) is 10.2. The minimum atomic E-state index is -0.128. The Kier molecular flexibility index (Phi) is 3.31. The second kappa shape index (κ2) is 4.27. The molecule has 1 heterocycles. The number of H-pyrrole nitrogens is 1. The molecular weight excluding hydrogens is 174 g/mol. The molecule has 0 atom stereocenters. The average Bonchev–Trinajstić information content (AvgIpc) is 2.05. The van der Waals surface area contributed by atoms with E-state index in [2.05, 4.69) is 9.97 Å². The van der Waals surface area contributed by atoms with Crippen LogP contribution in [0.25, 0.3) is 0 Å². The predicted octanol–water partition coefficient (Wildman–Crippen LogP) is 0.0916. The van der Waals surface area contributed by atoms with E-state index in [-0.39, 0.29) is 12.1 Å². The van der Waals surface area contributed by atoms with Gasteiger partial charge in [-0.1, -0.05) is 0 Å². The summed E-state index contributed by atoms with van der Waals surface area (Å²) in [5, 5.41) is 0. The van der Waals surface area contributed by atoms with Crippen molar-refractivity contribution in [2.24, 2.45) is 5.73 Å². The molecule has 0 radical (unpaired) electrons. The Bertz CT molecular complexity index is 310. The summed E-state index contributed by atoms with van der Waals surface area (Å²) in [6.07, 6.45) is 3.49. The lowest BCUT2D eigenvalue weighted by Crippen LogP contribution is -2.18. The molecule has 66 valence electrons. The second-order valence-corrected chi connectivity index (χ2v) is 3.19.